The molecule has 5 aliphatic rings. The van der Waals surface area contributed by atoms with Gasteiger partial charge in [0.15, 0.2) is 0 Å². The van der Waals surface area contributed by atoms with Gasteiger partial charge in [0.05, 0.1) is 0 Å². The molecule has 0 aromatic heterocycles. The smallest absolute Gasteiger partial charge is 0.226 e. The van der Waals surface area contributed by atoms with Crippen molar-refractivity contribution in [1.29, 1.82) is 0 Å². The summed E-state index contributed by atoms with van der Waals surface area (Å²) in [4.78, 5) is 24.2. The molecular weight excluding hydrogens is 264 g/mol. The van der Waals surface area contributed by atoms with Crippen LogP contribution in [0.25, 0.3) is 0 Å². The van der Waals surface area contributed by atoms with Crippen molar-refractivity contribution in [2.75, 3.05) is 13.1 Å². The van der Waals surface area contributed by atoms with Gasteiger partial charge in [0.25, 0.3) is 0 Å². The zero-order valence-corrected chi connectivity index (χ0v) is 12.7. The lowest BCUT2D eigenvalue weighted by molar-refractivity contribution is -0.146. The van der Waals surface area contributed by atoms with Gasteiger partial charge in [0, 0.05) is 24.4 Å². The second kappa shape index (κ2) is 4.99. The van der Waals surface area contributed by atoms with Gasteiger partial charge < -0.3 is 10.6 Å². The minimum atomic E-state index is -0.0603. The number of carbonyl (C=O) groups is 2. The van der Waals surface area contributed by atoms with Gasteiger partial charge in [-0.3, -0.25) is 9.59 Å². The summed E-state index contributed by atoms with van der Waals surface area (Å²) in [6.45, 7) is 1.16. The van der Waals surface area contributed by atoms with Gasteiger partial charge in [-0.1, -0.05) is 0 Å². The lowest BCUT2D eigenvalue weighted by Gasteiger charge is -2.55. The van der Waals surface area contributed by atoms with Crippen molar-refractivity contribution in [2.45, 2.75) is 51.4 Å². The zero-order chi connectivity index (χ0) is 14.4. The van der Waals surface area contributed by atoms with Crippen molar-refractivity contribution < 1.29 is 9.59 Å². The van der Waals surface area contributed by atoms with Crippen molar-refractivity contribution >= 4 is 11.8 Å². The number of rotatable bonds is 5. The van der Waals surface area contributed by atoms with Gasteiger partial charge >= 0.3 is 0 Å². The molecule has 2 amide bonds. The number of amides is 2. The lowest BCUT2D eigenvalue weighted by Crippen LogP contribution is -2.54. The van der Waals surface area contributed by atoms with Gasteiger partial charge in [-0.05, 0) is 69.1 Å². The summed E-state index contributed by atoms with van der Waals surface area (Å²) in [6, 6.07) is 0. The first-order valence-corrected chi connectivity index (χ1v) is 8.71. The minimum absolute atomic E-state index is 0.0603. The van der Waals surface area contributed by atoms with Gasteiger partial charge in [-0.15, -0.1) is 0 Å². The first-order valence-electron chi connectivity index (χ1n) is 8.71. The van der Waals surface area contributed by atoms with E-state index in [4.69, 9.17) is 0 Å². The molecule has 116 valence electrons. The van der Waals surface area contributed by atoms with Crippen molar-refractivity contribution in [3.8, 4) is 0 Å². The van der Waals surface area contributed by atoms with Crippen LogP contribution < -0.4 is 10.6 Å². The summed E-state index contributed by atoms with van der Waals surface area (Å²) in [5.41, 5.74) is -0.0603. The Hall–Kier alpha value is -1.06. The molecule has 2 N–H and O–H groups in total. The summed E-state index contributed by atoms with van der Waals surface area (Å²) in [7, 11) is 0. The van der Waals surface area contributed by atoms with Crippen LogP contribution in [0.5, 0.6) is 0 Å². The first-order chi connectivity index (χ1) is 10.1. The highest BCUT2D eigenvalue weighted by Gasteiger charge is 2.54. The molecule has 0 spiro atoms. The van der Waals surface area contributed by atoms with Gasteiger partial charge in [-0.25, -0.2) is 0 Å². The van der Waals surface area contributed by atoms with E-state index in [2.05, 4.69) is 10.6 Å². The number of nitrogens with one attached hydrogen (secondary N) is 2. The molecule has 5 fully saturated rings. The Bertz CT molecular complexity index is 420. The molecule has 0 aromatic carbocycles. The molecule has 0 unspecified atom stereocenters. The highest BCUT2D eigenvalue weighted by Crippen LogP contribution is 2.60. The maximum absolute atomic E-state index is 12.7. The fourth-order valence-corrected chi connectivity index (χ4v) is 5.43. The molecule has 0 atom stereocenters. The van der Waals surface area contributed by atoms with E-state index in [0.29, 0.717) is 13.1 Å². The van der Waals surface area contributed by atoms with Crippen LogP contribution in [0.1, 0.15) is 51.4 Å². The van der Waals surface area contributed by atoms with E-state index in [1.807, 2.05) is 0 Å². The van der Waals surface area contributed by atoms with Crippen molar-refractivity contribution in [1.82, 2.24) is 10.6 Å². The molecule has 5 rings (SSSR count). The fourth-order valence-electron chi connectivity index (χ4n) is 5.43. The molecule has 4 bridgehead atoms. The van der Waals surface area contributed by atoms with Crippen molar-refractivity contribution in [3.05, 3.63) is 0 Å². The van der Waals surface area contributed by atoms with E-state index in [1.165, 1.54) is 19.3 Å². The largest absolute Gasteiger partial charge is 0.354 e. The third-order valence-corrected chi connectivity index (χ3v) is 6.18. The van der Waals surface area contributed by atoms with Crippen LogP contribution in [0.3, 0.4) is 0 Å². The summed E-state index contributed by atoms with van der Waals surface area (Å²) >= 11 is 0. The highest BCUT2D eigenvalue weighted by atomic mass is 16.2. The summed E-state index contributed by atoms with van der Waals surface area (Å²) in [5.74, 6) is 3.09. The van der Waals surface area contributed by atoms with Crippen LogP contribution in [-0.2, 0) is 9.59 Å². The minimum Gasteiger partial charge on any atom is -0.354 e. The Morgan fingerprint density at radius 1 is 0.857 bits per heavy atom. The molecule has 4 heteroatoms. The molecule has 21 heavy (non-hydrogen) atoms. The van der Waals surface area contributed by atoms with Crippen LogP contribution in [-0.4, -0.2) is 24.9 Å². The summed E-state index contributed by atoms with van der Waals surface area (Å²) in [5, 5.41) is 6.02. The normalized spacial score (nSPS) is 40.1. The molecule has 0 aromatic rings. The molecule has 0 saturated heterocycles. The van der Waals surface area contributed by atoms with Gasteiger partial charge in [-0.2, -0.15) is 0 Å². The maximum Gasteiger partial charge on any atom is 0.226 e. The second-order valence-corrected chi connectivity index (χ2v) is 8.02. The Morgan fingerprint density at radius 3 is 1.90 bits per heavy atom. The maximum atomic E-state index is 12.7. The van der Waals surface area contributed by atoms with Crippen LogP contribution in [0, 0.1) is 29.1 Å². The molecule has 4 nitrogen and oxygen atoms in total. The fraction of sp³-hybridized carbons (Fsp3) is 0.882. The number of carbonyl (C=O) groups excluding carboxylic acids is 2. The Balaban J connectivity index is 1.27. The van der Waals surface area contributed by atoms with E-state index >= 15 is 0 Å². The molecule has 5 saturated carbocycles. The molecule has 0 radical (unpaired) electrons. The third kappa shape index (κ3) is 2.58. The van der Waals surface area contributed by atoms with E-state index < -0.39 is 0 Å². The van der Waals surface area contributed by atoms with E-state index in [1.54, 1.807) is 0 Å². The molecular formula is C17H26N2O2. The standard InChI is InChI=1S/C17H26N2O2/c20-15(14-1-2-14)18-3-4-19-16(21)17-8-11-5-12(9-17)7-13(6-11)10-17/h11-14H,1-10H2,(H,18,20)(H,19,21). The third-order valence-electron chi connectivity index (χ3n) is 6.18. The Morgan fingerprint density at radius 2 is 1.38 bits per heavy atom. The van der Waals surface area contributed by atoms with E-state index in [0.717, 1.165) is 49.9 Å². The van der Waals surface area contributed by atoms with Crippen molar-refractivity contribution in [2.24, 2.45) is 29.1 Å². The quantitative estimate of drug-likeness (QED) is 0.759. The average molecular weight is 290 g/mol. The zero-order valence-electron chi connectivity index (χ0n) is 12.7. The summed E-state index contributed by atoms with van der Waals surface area (Å²) < 4.78 is 0. The molecule has 0 heterocycles. The van der Waals surface area contributed by atoms with Crippen LogP contribution in [0.2, 0.25) is 0 Å². The Kier molecular flexibility index (Phi) is 3.23. The SMILES string of the molecule is O=C(NCCNC(=O)C12CC3CC(CC(C3)C1)C2)C1CC1. The topological polar surface area (TPSA) is 58.2 Å². The predicted octanol–water partition coefficient (Wildman–Crippen LogP) is 1.85. The number of hydrogen-bond donors (Lipinski definition) is 2. The molecule has 0 aliphatic heterocycles. The number of hydrogen-bond acceptors (Lipinski definition) is 2. The van der Waals surface area contributed by atoms with Crippen LogP contribution in [0.4, 0.5) is 0 Å². The monoisotopic (exact) mass is 290 g/mol. The first kappa shape index (κ1) is 13.6. The van der Waals surface area contributed by atoms with Gasteiger partial charge in [0.1, 0.15) is 0 Å². The Labute approximate surface area is 126 Å². The second-order valence-electron chi connectivity index (χ2n) is 8.02. The average Bonchev–Trinajstić information content (AvgIpc) is 3.26. The van der Waals surface area contributed by atoms with Gasteiger partial charge in [0.2, 0.25) is 11.8 Å². The molecule has 5 aliphatic carbocycles. The highest BCUT2D eigenvalue weighted by molar-refractivity contribution is 5.83. The van der Waals surface area contributed by atoms with E-state index in [-0.39, 0.29) is 23.1 Å². The lowest BCUT2D eigenvalue weighted by atomic mass is 9.49. The van der Waals surface area contributed by atoms with Crippen molar-refractivity contribution in [3.63, 3.8) is 0 Å². The summed E-state index contributed by atoms with van der Waals surface area (Å²) in [6.07, 6.45) is 9.49. The van der Waals surface area contributed by atoms with E-state index in [9.17, 15) is 9.59 Å². The van der Waals surface area contributed by atoms with Crippen LogP contribution >= 0.6 is 0 Å². The van der Waals surface area contributed by atoms with Crippen LogP contribution in [0.15, 0.2) is 0 Å². The predicted molar refractivity (Wildman–Crippen MR) is 79.3 cm³/mol.